The molecule has 3 rings (SSSR count). The van der Waals surface area contributed by atoms with Gasteiger partial charge in [-0.2, -0.15) is 0 Å². The van der Waals surface area contributed by atoms with Crippen LogP contribution in [0.1, 0.15) is 6.42 Å². The van der Waals surface area contributed by atoms with Crippen LogP contribution in [-0.4, -0.2) is 48.3 Å². The molecule has 0 spiro atoms. The molecule has 0 aromatic heterocycles. The summed E-state index contributed by atoms with van der Waals surface area (Å²) in [5.74, 6) is -0.0732. The Morgan fingerprint density at radius 1 is 1.24 bits per heavy atom. The average molecular weight is 292 g/mol. The number of benzene rings is 1. The van der Waals surface area contributed by atoms with E-state index < -0.39 is 11.9 Å². The number of aliphatic carboxylic acids is 1. The van der Waals surface area contributed by atoms with Crippen LogP contribution in [0.5, 0.6) is 11.5 Å². The summed E-state index contributed by atoms with van der Waals surface area (Å²) in [5.41, 5.74) is 0.600. The van der Waals surface area contributed by atoms with E-state index in [1.807, 2.05) is 0 Å². The van der Waals surface area contributed by atoms with Gasteiger partial charge in [0.2, 0.25) is 0 Å². The first kappa shape index (κ1) is 13.5. The van der Waals surface area contributed by atoms with E-state index in [0.717, 1.165) is 0 Å². The molecule has 0 bridgehead atoms. The number of nitrogens with zero attached hydrogens (tertiary/aromatic N) is 1. The summed E-state index contributed by atoms with van der Waals surface area (Å²) in [6.07, 6.45) is 0.490. The van der Waals surface area contributed by atoms with Gasteiger partial charge < -0.3 is 24.8 Å². The van der Waals surface area contributed by atoms with E-state index in [1.54, 1.807) is 18.2 Å². The number of fused-ring (bicyclic) bond motifs is 1. The normalized spacial score (nSPS) is 20.2. The standard InChI is InChI=1S/C14H16N2O5/c17-13(18)9-3-4-16(8-9)14(19)15-10-1-2-11-12(7-10)21-6-5-20-11/h1-2,7,9H,3-6,8H2,(H,15,19)(H,17,18). The summed E-state index contributed by atoms with van der Waals surface area (Å²) in [6, 6.07) is 4.89. The van der Waals surface area contributed by atoms with Gasteiger partial charge >= 0.3 is 12.0 Å². The lowest BCUT2D eigenvalue weighted by atomic mass is 10.1. The number of amides is 2. The molecule has 1 aromatic carbocycles. The zero-order chi connectivity index (χ0) is 14.8. The number of carbonyl (C=O) groups is 2. The lowest BCUT2D eigenvalue weighted by Crippen LogP contribution is -2.33. The first-order chi connectivity index (χ1) is 10.1. The third-order valence-corrected chi connectivity index (χ3v) is 3.62. The van der Waals surface area contributed by atoms with Crippen LogP contribution in [0.4, 0.5) is 10.5 Å². The van der Waals surface area contributed by atoms with Crippen molar-refractivity contribution in [1.29, 1.82) is 0 Å². The van der Waals surface area contributed by atoms with Gasteiger partial charge in [-0.1, -0.05) is 0 Å². The third kappa shape index (κ3) is 2.86. The quantitative estimate of drug-likeness (QED) is 0.860. The minimum atomic E-state index is -0.857. The van der Waals surface area contributed by atoms with Crippen LogP contribution in [0, 0.1) is 5.92 Å². The maximum Gasteiger partial charge on any atom is 0.321 e. The Bertz CT molecular complexity index is 574. The van der Waals surface area contributed by atoms with E-state index >= 15 is 0 Å². The average Bonchev–Trinajstić information content (AvgIpc) is 2.97. The van der Waals surface area contributed by atoms with Gasteiger partial charge in [0.25, 0.3) is 0 Å². The predicted molar refractivity (Wildman–Crippen MR) is 73.8 cm³/mol. The van der Waals surface area contributed by atoms with Crippen molar-refractivity contribution in [3.05, 3.63) is 18.2 Å². The highest BCUT2D eigenvalue weighted by Gasteiger charge is 2.30. The van der Waals surface area contributed by atoms with E-state index in [2.05, 4.69) is 5.32 Å². The van der Waals surface area contributed by atoms with Gasteiger partial charge in [-0.3, -0.25) is 4.79 Å². The molecule has 0 radical (unpaired) electrons. The zero-order valence-electron chi connectivity index (χ0n) is 11.4. The third-order valence-electron chi connectivity index (χ3n) is 3.62. The van der Waals surface area contributed by atoms with Crippen LogP contribution in [0.15, 0.2) is 18.2 Å². The summed E-state index contributed by atoms with van der Waals surface area (Å²) in [7, 11) is 0. The lowest BCUT2D eigenvalue weighted by molar-refractivity contribution is -0.141. The van der Waals surface area contributed by atoms with Crippen molar-refractivity contribution in [2.45, 2.75) is 6.42 Å². The molecule has 7 heteroatoms. The number of carboxylic acids is 1. The van der Waals surface area contributed by atoms with Gasteiger partial charge in [0.05, 0.1) is 5.92 Å². The van der Waals surface area contributed by atoms with Gasteiger partial charge in [-0.05, 0) is 18.6 Å². The molecular weight excluding hydrogens is 276 g/mol. The van der Waals surface area contributed by atoms with E-state index in [9.17, 15) is 9.59 Å². The van der Waals surface area contributed by atoms with Crippen LogP contribution in [-0.2, 0) is 4.79 Å². The number of likely N-dealkylation sites (tertiary alicyclic amines) is 1. The SMILES string of the molecule is O=C(O)C1CCN(C(=O)Nc2ccc3c(c2)OCCO3)C1. The fraction of sp³-hybridized carbons (Fsp3) is 0.429. The highest BCUT2D eigenvalue weighted by atomic mass is 16.6. The number of nitrogens with one attached hydrogen (secondary N) is 1. The molecule has 1 aromatic rings. The highest BCUT2D eigenvalue weighted by molar-refractivity contribution is 5.90. The van der Waals surface area contributed by atoms with Crippen LogP contribution in [0.25, 0.3) is 0 Å². The molecule has 0 aliphatic carbocycles. The van der Waals surface area contributed by atoms with E-state index in [1.165, 1.54) is 4.90 Å². The molecule has 1 atom stereocenters. The van der Waals surface area contributed by atoms with Crippen molar-refractivity contribution in [3.8, 4) is 11.5 Å². The Hall–Kier alpha value is -2.44. The van der Waals surface area contributed by atoms with Crippen molar-refractivity contribution in [2.75, 3.05) is 31.6 Å². The van der Waals surface area contributed by atoms with Crippen LogP contribution in [0.2, 0.25) is 0 Å². The van der Waals surface area contributed by atoms with Gasteiger partial charge in [0.15, 0.2) is 11.5 Å². The van der Waals surface area contributed by atoms with Crippen molar-refractivity contribution in [3.63, 3.8) is 0 Å². The van der Waals surface area contributed by atoms with Crippen LogP contribution in [0.3, 0.4) is 0 Å². The Labute approximate surface area is 121 Å². The largest absolute Gasteiger partial charge is 0.486 e. The molecule has 2 aliphatic rings. The van der Waals surface area contributed by atoms with Gasteiger partial charge in [0.1, 0.15) is 13.2 Å². The second-order valence-corrected chi connectivity index (χ2v) is 5.06. The molecule has 112 valence electrons. The highest BCUT2D eigenvalue weighted by Crippen LogP contribution is 2.32. The van der Waals surface area contributed by atoms with Crippen molar-refractivity contribution in [2.24, 2.45) is 5.92 Å². The molecule has 1 fully saturated rings. The second-order valence-electron chi connectivity index (χ2n) is 5.06. The van der Waals surface area contributed by atoms with Crippen molar-refractivity contribution in [1.82, 2.24) is 4.90 Å². The zero-order valence-corrected chi connectivity index (χ0v) is 11.4. The molecule has 1 unspecified atom stereocenters. The summed E-state index contributed by atoms with van der Waals surface area (Å²) < 4.78 is 10.9. The molecule has 2 heterocycles. The van der Waals surface area contributed by atoms with E-state index in [0.29, 0.717) is 43.4 Å². The fourth-order valence-electron chi connectivity index (χ4n) is 2.47. The monoisotopic (exact) mass is 292 g/mol. The summed E-state index contributed by atoms with van der Waals surface area (Å²) in [4.78, 5) is 24.5. The first-order valence-electron chi connectivity index (χ1n) is 6.82. The lowest BCUT2D eigenvalue weighted by Gasteiger charge is -2.20. The van der Waals surface area contributed by atoms with Gasteiger partial charge in [-0.15, -0.1) is 0 Å². The maximum atomic E-state index is 12.1. The summed E-state index contributed by atoms with van der Waals surface area (Å²) in [5, 5.41) is 11.7. The van der Waals surface area contributed by atoms with Crippen molar-refractivity contribution < 1.29 is 24.2 Å². The van der Waals surface area contributed by atoms with Gasteiger partial charge in [0, 0.05) is 24.8 Å². The number of rotatable bonds is 2. The Kier molecular flexibility index (Phi) is 3.55. The number of hydrogen-bond donors (Lipinski definition) is 2. The number of urea groups is 1. The minimum absolute atomic E-state index is 0.242. The Morgan fingerprint density at radius 2 is 2.00 bits per heavy atom. The molecule has 21 heavy (non-hydrogen) atoms. The topological polar surface area (TPSA) is 88.1 Å². The smallest absolute Gasteiger partial charge is 0.321 e. The molecule has 2 N–H and O–H groups in total. The van der Waals surface area contributed by atoms with E-state index in [-0.39, 0.29) is 12.6 Å². The number of carboxylic acid groups (broad SMARTS) is 1. The molecule has 2 amide bonds. The van der Waals surface area contributed by atoms with E-state index in [4.69, 9.17) is 14.6 Å². The predicted octanol–water partition coefficient (Wildman–Crippen LogP) is 1.40. The van der Waals surface area contributed by atoms with Crippen LogP contribution >= 0.6 is 0 Å². The number of hydrogen-bond acceptors (Lipinski definition) is 4. The molecule has 7 nitrogen and oxygen atoms in total. The Morgan fingerprint density at radius 3 is 2.71 bits per heavy atom. The number of anilines is 1. The minimum Gasteiger partial charge on any atom is -0.486 e. The van der Waals surface area contributed by atoms with Crippen LogP contribution < -0.4 is 14.8 Å². The maximum absolute atomic E-state index is 12.1. The second kappa shape index (κ2) is 5.51. The first-order valence-corrected chi connectivity index (χ1v) is 6.82. The van der Waals surface area contributed by atoms with Gasteiger partial charge in [-0.25, -0.2) is 4.79 Å². The number of carbonyl (C=O) groups excluding carboxylic acids is 1. The molecule has 0 saturated carbocycles. The molecule has 1 saturated heterocycles. The number of ether oxygens (including phenoxy) is 2. The fourth-order valence-corrected chi connectivity index (χ4v) is 2.47. The Balaban J connectivity index is 1.64. The molecular formula is C14H16N2O5. The van der Waals surface area contributed by atoms with Crippen molar-refractivity contribution >= 4 is 17.7 Å². The molecule has 2 aliphatic heterocycles. The summed E-state index contributed by atoms with van der Waals surface area (Å²) >= 11 is 0. The summed E-state index contributed by atoms with van der Waals surface area (Å²) in [6.45, 7) is 1.69.